The Morgan fingerprint density at radius 3 is 2.00 bits per heavy atom. The molecule has 0 unspecified atom stereocenters. The molecule has 0 spiro atoms. The van der Waals surface area contributed by atoms with Gasteiger partial charge in [0, 0.05) is 20.8 Å². The van der Waals surface area contributed by atoms with E-state index in [4.69, 9.17) is 23.7 Å². The summed E-state index contributed by atoms with van der Waals surface area (Å²) >= 11 is 3.30. The Morgan fingerprint density at radius 1 is 0.893 bits per heavy atom. The lowest BCUT2D eigenvalue weighted by Crippen LogP contribution is -2.60. The summed E-state index contributed by atoms with van der Waals surface area (Å²) < 4.78 is 27.4. The normalized spacial score (nSPS) is 26.9. The number of hydrogen-bond acceptors (Lipinski definition) is 8. The zero-order valence-electron chi connectivity index (χ0n) is 15.8. The zero-order valence-corrected chi connectivity index (χ0v) is 17.4. The van der Waals surface area contributed by atoms with Crippen LogP contribution in [0.15, 0.2) is 30.3 Å². The molecule has 0 bridgehead atoms. The van der Waals surface area contributed by atoms with Gasteiger partial charge in [0.25, 0.3) is 0 Å². The summed E-state index contributed by atoms with van der Waals surface area (Å²) in [6.45, 7) is 4.06. The van der Waals surface area contributed by atoms with Crippen LogP contribution < -0.4 is 0 Å². The van der Waals surface area contributed by atoms with E-state index < -0.39 is 47.3 Å². The molecule has 1 aliphatic heterocycles. The van der Waals surface area contributed by atoms with Gasteiger partial charge in [-0.05, 0) is 5.56 Å². The van der Waals surface area contributed by atoms with Crippen LogP contribution in [0.2, 0.25) is 0 Å². The predicted octanol–water partition coefficient (Wildman–Crippen LogP) is 2.12. The average Bonchev–Trinajstić information content (AvgIpc) is 2.61. The summed E-state index contributed by atoms with van der Waals surface area (Å²) in [6, 6.07) is 9.52. The number of carbonyl (C=O) groups excluding carboxylic acids is 3. The van der Waals surface area contributed by atoms with Gasteiger partial charge in [-0.3, -0.25) is 14.4 Å². The van der Waals surface area contributed by atoms with Crippen molar-refractivity contribution in [3.8, 4) is 0 Å². The van der Waals surface area contributed by atoms with Crippen LogP contribution in [0, 0.1) is 0 Å². The molecule has 0 aliphatic carbocycles. The highest BCUT2D eigenvalue weighted by atomic mass is 79.9. The number of esters is 3. The van der Waals surface area contributed by atoms with Crippen LogP contribution in [-0.2, 0) is 44.7 Å². The minimum atomic E-state index is -1.05. The van der Waals surface area contributed by atoms with Gasteiger partial charge < -0.3 is 23.7 Å². The first kappa shape index (κ1) is 22.3. The van der Waals surface area contributed by atoms with Crippen molar-refractivity contribution in [1.29, 1.82) is 0 Å². The monoisotopic (exact) mass is 458 g/mol. The zero-order chi connectivity index (χ0) is 20.7. The molecule has 8 nitrogen and oxygen atoms in total. The van der Waals surface area contributed by atoms with Crippen molar-refractivity contribution in [2.45, 2.75) is 56.8 Å². The number of ether oxygens (including phenoxy) is 5. The fourth-order valence-corrected chi connectivity index (χ4v) is 3.53. The van der Waals surface area contributed by atoms with Crippen LogP contribution in [0.4, 0.5) is 0 Å². The Labute approximate surface area is 171 Å². The Kier molecular flexibility index (Phi) is 8.40. The van der Waals surface area contributed by atoms with E-state index >= 15 is 0 Å². The molecule has 1 aromatic carbocycles. The fraction of sp³-hybridized carbons (Fsp3) is 0.526. The molecular formula is C19H23BrO8. The number of rotatable bonds is 7. The molecule has 0 aromatic heterocycles. The smallest absolute Gasteiger partial charge is 0.303 e. The molecule has 1 saturated heterocycles. The first-order valence-electron chi connectivity index (χ1n) is 8.70. The molecule has 1 heterocycles. The molecule has 0 N–H and O–H groups in total. The first-order chi connectivity index (χ1) is 13.3. The van der Waals surface area contributed by atoms with Crippen LogP contribution in [0.1, 0.15) is 26.3 Å². The van der Waals surface area contributed by atoms with E-state index in [0.29, 0.717) is 6.61 Å². The van der Waals surface area contributed by atoms with Crippen molar-refractivity contribution in [1.82, 2.24) is 0 Å². The Hall–Kier alpha value is -1.97. The second-order valence-electron chi connectivity index (χ2n) is 6.25. The van der Waals surface area contributed by atoms with Gasteiger partial charge in [0.1, 0.15) is 6.10 Å². The molecule has 0 radical (unpaired) electrons. The molecule has 0 saturated carbocycles. The third kappa shape index (κ3) is 6.57. The number of carbonyl (C=O) groups is 3. The molecule has 9 heteroatoms. The Bertz CT molecular complexity index is 680. The van der Waals surface area contributed by atoms with Gasteiger partial charge in [-0.25, -0.2) is 0 Å². The van der Waals surface area contributed by atoms with E-state index in [2.05, 4.69) is 15.9 Å². The maximum Gasteiger partial charge on any atom is 0.303 e. The minimum absolute atomic E-state index is 0.0689. The summed E-state index contributed by atoms with van der Waals surface area (Å²) in [5, 5.41) is -0.780. The molecule has 28 heavy (non-hydrogen) atoms. The summed E-state index contributed by atoms with van der Waals surface area (Å²) in [6.07, 6.45) is -3.78. The number of halogens is 1. The third-order valence-electron chi connectivity index (χ3n) is 3.88. The molecule has 1 fully saturated rings. The van der Waals surface area contributed by atoms with Crippen molar-refractivity contribution < 1.29 is 38.1 Å². The lowest BCUT2D eigenvalue weighted by atomic mass is 9.99. The minimum Gasteiger partial charge on any atom is -0.456 e. The maximum atomic E-state index is 11.6. The van der Waals surface area contributed by atoms with Gasteiger partial charge >= 0.3 is 17.9 Å². The highest BCUT2D eigenvalue weighted by molar-refractivity contribution is 9.09. The average molecular weight is 459 g/mol. The summed E-state index contributed by atoms with van der Waals surface area (Å²) in [4.78, 5) is 34.7. The lowest BCUT2D eigenvalue weighted by molar-refractivity contribution is -0.237. The molecule has 0 amide bonds. The van der Waals surface area contributed by atoms with Crippen molar-refractivity contribution in [2.24, 2.45) is 0 Å². The summed E-state index contributed by atoms with van der Waals surface area (Å²) in [7, 11) is 0. The fourth-order valence-electron chi connectivity index (χ4n) is 2.84. The summed E-state index contributed by atoms with van der Waals surface area (Å²) in [5.74, 6) is -1.78. The Balaban J connectivity index is 2.16. The quantitative estimate of drug-likeness (QED) is 0.348. The van der Waals surface area contributed by atoms with E-state index in [9.17, 15) is 14.4 Å². The molecular weight excluding hydrogens is 436 g/mol. The van der Waals surface area contributed by atoms with E-state index in [1.165, 1.54) is 20.8 Å². The lowest BCUT2D eigenvalue weighted by Gasteiger charge is -2.42. The van der Waals surface area contributed by atoms with Crippen molar-refractivity contribution in [3.05, 3.63) is 35.9 Å². The maximum absolute atomic E-state index is 11.6. The topological polar surface area (TPSA) is 97.4 Å². The van der Waals surface area contributed by atoms with E-state index in [0.717, 1.165) is 5.56 Å². The van der Waals surface area contributed by atoms with Gasteiger partial charge in [0.15, 0.2) is 23.3 Å². The number of hydrogen-bond donors (Lipinski definition) is 0. The predicted molar refractivity (Wildman–Crippen MR) is 100 cm³/mol. The molecule has 2 rings (SSSR count). The van der Waals surface area contributed by atoms with Gasteiger partial charge in [0.05, 0.1) is 13.2 Å². The van der Waals surface area contributed by atoms with Crippen LogP contribution in [0.5, 0.6) is 0 Å². The van der Waals surface area contributed by atoms with E-state index in [1.54, 1.807) is 0 Å². The van der Waals surface area contributed by atoms with Crippen LogP contribution >= 0.6 is 15.9 Å². The molecule has 1 aliphatic rings. The molecule has 1 aromatic rings. The molecule has 154 valence electrons. The second-order valence-corrected chi connectivity index (χ2v) is 7.15. The van der Waals surface area contributed by atoms with Crippen LogP contribution in [0.25, 0.3) is 0 Å². The first-order valence-corrected chi connectivity index (χ1v) is 9.62. The summed E-state index contributed by atoms with van der Waals surface area (Å²) in [5.41, 5.74) is 0.965. The second kappa shape index (κ2) is 10.5. The third-order valence-corrected chi connectivity index (χ3v) is 4.61. The van der Waals surface area contributed by atoms with Gasteiger partial charge in [-0.15, -0.1) is 0 Å². The van der Waals surface area contributed by atoms with Gasteiger partial charge in [-0.1, -0.05) is 46.3 Å². The Morgan fingerprint density at radius 2 is 1.43 bits per heavy atom. The number of benzene rings is 1. The van der Waals surface area contributed by atoms with Crippen LogP contribution in [0.3, 0.4) is 0 Å². The standard InChI is InChI=1S/C19H23BrO8/c1-11(21)25-16-15(10-24-9-14-7-5-4-6-8-14)28-19(20)18(27-13(3)23)17(16)26-12(2)22/h4-8,15-19H,9-10H2,1-3H3/t15-,16+,17+,18-,19+/m1/s1. The van der Waals surface area contributed by atoms with Crippen molar-refractivity contribution >= 4 is 33.8 Å². The van der Waals surface area contributed by atoms with Crippen LogP contribution in [-0.4, -0.2) is 53.9 Å². The van der Waals surface area contributed by atoms with Crippen molar-refractivity contribution in [3.63, 3.8) is 0 Å². The number of alkyl halides is 1. The van der Waals surface area contributed by atoms with E-state index in [-0.39, 0.29) is 6.61 Å². The van der Waals surface area contributed by atoms with Gasteiger partial charge in [0.2, 0.25) is 0 Å². The molecule has 5 atom stereocenters. The highest BCUT2D eigenvalue weighted by Crippen LogP contribution is 2.31. The van der Waals surface area contributed by atoms with Gasteiger partial charge in [-0.2, -0.15) is 0 Å². The van der Waals surface area contributed by atoms with E-state index in [1.807, 2.05) is 30.3 Å². The highest BCUT2D eigenvalue weighted by Gasteiger charge is 2.51. The largest absolute Gasteiger partial charge is 0.456 e. The SMILES string of the molecule is CC(=O)O[C@@H]1[C@@H](OC(C)=O)[C@@H](Br)O[C@H](COCc2ccccc2)[C@@H]1OC(C)=O. The van der Waals surface area contributed by atoms with Crippen molar-refractivity contribution in [2.75, 3.05) is 6.61 Å².